The van der Waals surface area contributed by atoms with Crippen LogP contribution in [0.1, 0.15) is 6.92 Å². The number of carbonyl (C=O) groups is 1. The van der Waals surface area contributed by atoms with Crippen molar-refractivity contribution in [1.29, 1.82) is 0 Å². The standard InChI is InChI=1S/C17H20N6OS2/c1-11(16(24)19-12-6-8-13(9-7-12)22(2)3)26-17-21-20-15(23(17)18)14-5-4-10-25-14/h4-11H,18H2,1-3H3,(H,19,24). The first-order valence-corrected chi connectivity index (χ1v) is 9.71. The summed E-state index contributed by atoms with van der Waals surface area (Å²) in [5.74, 6) is 6.56. The number of carbonyl (C=O) groups excluding carboxylic acids is 1. The average molecular weight is 389 g/mol. The van der Waals surface area contributed by atoms with Gasteiger partial charge in [0.05, 0.1) is 10.1 Å². The third kappa shape index (κ3) is 4.00. The number of hydrogen-bond acceptors (Lipinski definition) is 7. The molecular formula is C17H20N6OS2. The summed E-state index contributed by atoms with van der Waals surface area (Å²) in [6.45, 7) is 1.81. The van der Waals surface area contributed by atoms with Crippen molar-refractivity contribution in [1.82, 2.24) is 14.9 Å². The van der Waals surface area contributed by atoms with Gasteiger partial charge in [0, 0.05) is 25.5 Å². The lowest BCUT2D eigenvalue weighted by Crippen LogP contribution is -2.23. The van der Waals surface area contributed by atoms with Gasteiger partial charge < -0.3 is 16.1 Å². The number of thioether (sulfide) groups is 1. The number of anilines is 2. The summed E-state index contributed by atoms with van der Waals surface area (Å²) in [7, 11) is 3.94. The summed E-state index contributed by atoms with van der Waals surface area (Å²) in [5, 5.41) is 13.2. The molecule has 136 valence electrons. The molecule has 0 saturated heterocycles. The number of rotatable bonds is 6. The zero-order valence-corrected chi connectivity index (χ0v) is 16.3. The van der Waals surface area contributed by atoms with E-state index in [9.17, 15) is 4.79 Å². The second-order valence-corrected chi connectivity index (χ2v) is 8.10. The molecule has 2 heterocycles. The minimum atomic E-state index is -0.369. The van der Waals surface area contributed by atoms with Gasteiger partial charge in [-0.25, -0.2) is 4.68 Å². The van der Waals surface area contributed by atoms with E-state index in [4.69, 9.17) is 5.84 Å². The molecule has 1 atom stereocenters. The Morgan fingerprint density at radius 2 is 2.00 bits per heavy atom. The van der Waals surface area contributed by atoms with Crippen LogP contribution in [0.15, 0.2) is 46.9 Å². The number of nitrogens with zero attached hydrogens (tertiary/aromatic N) is 4. The van der Waals surface area contributed by atoms with Crippen molar-refractivity contribution in [3.63, 3.8) is 0 Å². The van der Waals surface area contributed by atoms with E-state index >= 15 is 0 Å². The molecule has 1 amide bonds. The van der Waals surface area contributed by atoms with Gasteiger partial charge in [0.15, 0.2) is 5.82 Å². The first-order valence-electron chi connectivity index (χ1n) is 7.95. The fourth-order valence-electron chi connectivity index (χ4n) is 2.23. The van der Waals surface area contributed by atoms with Crippen molar-refractivity contribution in [2.45, 2.75) is 17.3 Å². The Kier molecular flexibility index (Phi) is 5.48. The van der Waals surface area contributed by atoms with Gasteiger partial charge in [0.2, 0.25) is 11.1 Å². The number of benzene rings is 1. The van der Waals surface area contributed by atoms with E-state index in [0.29, 0.717) is 11.0 Å². The number of hydrogen-bond donors (Lipinski definition) is 2. The third-order valence-corrected chi connectivity index (χ3v) is 5.63. The van der Waals surface area contributed by atoms with Crippen LogP contribution in [-0.4, -0.2) is 40.1 Å². The lowest BCUT2D eigenvalue weighted by Gasteiger charge is -2.14. The van der Waals surface area contributed by atoms with Crippen LogP contribution in [0.3, 0.4) is 0 Å². The highest BCUT2D eigenvalue weighted by atomic mass is 32.2. The van der Waals surface area contributed by atoms with Crippen molar-refractivity contribution in [3.05, 3.63) is 41.8 Å². The third-order valence-electron chi connectivity index (χ3n) is 3.71. The van der Waals surface area contributed by atoms with E-state index in [1.165, 1.54) is 27.8 Å². The summed E-state index contributed by atoms with van der Waals surface area (Å²) in [6, 6.07) is 11.5. The second kappa shape index (κ2) is 7.79. The van der Waals surface area contributed by atoms with Crippen LogP contribution < -0.4 is 16.1 Å². The number of aromatic nitrogens is 3. The van der Waals surface area contributed by atoms with Gasteiger partial charge in [-0.1, -0.05) is 17.8 Å². The topological polar surface area (TPSA) is 89.1 Å². The highest BCUT2D eigenvalue weighted by Crippen LogP contribution is 2.27. The Balaban J connectivity index is 1.64. The van der Waals surface area contributed by atoms with Crippen LogP contribution in [0.2, 0.25) is 0 Å². The molecule has 0 aliphatic rings. The Morgan fingerprint density at radius 3 is 2.62 bits per heavy atom. The fourth-order valence-corrected chi connectivity index (χ4v) is 3.71. The molecule has 0 spiro atoms. The van der Waals surface area contributed by atoms with Crippen LogP contribution in [0, 0.1) is 0 Å². The maximum Gasteiger partial charge on any atom is 0.237 e. The zero-order chi connectivity index (χ0) is 18.7. The van der Waals surface area contributed by atoms with Crippen LogP contribution in [0.4, 0.5) is 11.4 Å². The molecule has 3 aromatic rings. The highest BCUT2D eigenvalue weighted by Gasteiger charge is 2.20. The van der Waals surface area contributed by atoms with E-state index in [0.717, 1.165) is 16.3 Å². The van der Waals surface area contributed by atoms with E-state index in [1.54, 1.807) is 0 Å². The van der Waals surface area contributed by atoms with E-state index < -0.39 is 0 Å². The lowest BCUT2D eigenvalue weighted by atomic mass is 10.2. The van der Waals surface area contributed by atoms with Gasteiger partial charge in [-0.05, 0) is 42.6 Å². The van der Waals surface area contributed by atoms with Crippen molar-refractivity contribution in [3.8, 4) is 10.7 Å². The molecule has 0 fully saturated rings. The first-order chi connectivity index (χ1) is 12.5. The van der Waals surface area contributed by atoms with Gasteiger partial charge in [-0.2, -0.15) is 0 Å². The highest BCUT2D eigenvalue weighted by molar-refractivity contribution is 8.00. The SMILES string of the molecule is CC(Sc1nnc(-c2cccs2)n1N)C(=O)Nc1ccc(N(C)C)cc1. The molecule has 7 nitrogen and oxygen atoms in total. The van der Waals surface area contributed by atoms with Crippen LogP contribution in [0.25, 0.3) is 10.7 Å². The number of thiophene rings is 1. The molecule has 3 rings (SSSR count). The molecule has 3 N–H and O–H groups in total. The van der Waals surface area contributed by atoms with E-state index in [1.807, 2.05) is 67.7 Å². The minimum Gasteiger partial charge on any atom is -0.378 e. The van der Waals surface area contributed by atoms with Gasteiger partial charge in [-0.15, -0.1) is 21.5 Å². The molecule has 0 saturated carbocycles. The Morgan fingerprint density at radius 1 is 1.27 bits per heavy atom. The number of amides is 1. The fraction of sp³-hybridized carbons (Fsp3) is 0.235. The zero-order valence-electron chi connectivity index (χ0n) is 14.7. The smallest absolute Gasteiger partial charge is 0.237 e. The Labute approximate surface area is 160 Å². The molecule has 0 aliphatic heterocycles. The largest absolute Gasteiger partial charge is 0.378 e. The van der Waals surface area contributed by atoms with Crippen LogP contribution in [0.5, 0.6) is 0 Å². The molecule has 0 aliphatic carbocycles. The molecule has 1 unspecified atom stereocenters. The van der Waals surface area contributed by atoms with Crippen molar-refractivity contribution in [2.75, 3.05) is 30.2 Å². The average Bonchev–Trinajstić information content (AvgIpc) is 3.26. The summed E-state index contributed by atoms with van der Waals surface area (Å²) < 4.78 is 1.42. The first kappa shape index (κ1) is 18.3. The Hall–Kier alpha value is -2.52. The van der Waals surface area contributed by atoms with Gasteiger partial charge >= 0.3 is 0 Å². The normalized spacial score (nSPS) is 12.0. The Bertz CT molecular complexity index is 873. The monoisotopic (exact) mass is 388 g/mol. The van der Waals surface area contributed by atoms with Crippen LogP contribution >= 0.6 is 23.1 Å². The predicted octanol–water partition coefficient (Wildman–Crippen LogP) is 2.91. The van der Waals surface area contributed by atoms with Gasteiger partial charge in [0.1, 0.15) is 0 Å². The number of nitrogens with one attached hydrogen (secondary N) is 1. The summed E-state index contributed by atoms with van der Waals surface area (Å²) >= 11 is 2.81. The van der Waals surface area contributed by atoms with Gasteiger partial charge in [0.25, 0.3) is 0 Å². The molecular weight excluding hydrogens is 368 g/mol. The summed E-state index contributed by atoms with van der Waals surface area (Å²) in [5.41, 5.74) is 1.82. The molecule has 2 aromatic heterocycles. The van der Waals surface area contributed by atoms with Crippen molar-refractivity contribution >= 4 is 40.4 Å². The quantitative estimate of drug-likeness (QED) is 0.499. The second-order valence-electron chi connectivity index (χ2n) is 5.84. The molecule has 26 heavy (non-hydrogen) atoms. The van der Waals surface area contributed by atoms with Gasteiger partial charge in [-0.3, -0.25) is 4.79 Å². The summed E-state index contributed by atoms with van der Waals surface area (Å²) in [6.07, 6.45) is 0. The van der Waals surface area contributed by atoms with Crippen molar-refractivity contribution in [2.24, 2.45) is 0 Å². The maximum atomic E-state index is 12.4. The minimum absolute atomic E-state index is 0.117. The lowest BCUT2D eigenvalue weighted by molar-refractivity contribution is -0.115. The van der Waals surface area contributed by atoms with Crippen molar-refractivity contribution < 1.29 is 4.79 Å². The number of nitrogen functional groups attached to an aromatic ring is 1. The van der Waals surface area contributed by atoms with E-state index in [-0.39, 0.29) is 11.2 Å². The number of nitrogens with two attached hydrogens (primary N) is 1. The molecule has 0 radical (unpaired) electrons. The summed E-state index contributed by atoms with van der Waals surface area (Å²) in [4.78, 5) is 15.4. The predicted molar refractivity (Wildman–Crippen MR) is 108 cm³/mol. The maximum absolute atomic E-state index is 12.4. The molecule has 1 aromatic carbocycles. The van der Waals surface area contributed by atoms with E-state index in [2.05, 4.69) is 15.5 Å². The van der Waals surface area contributed by atoms with Crippen LogP contribution in [-0.2, 0) is 4.79 Å². The molecule has 9 heteroatoms. The molecule has 0 bridgehead atoms.